The summed E-state index contributed by atoms with van der Waals surface area (Å²) in [6.07, 6.45) is 2.84. The van der Waals surface area contributed by atoms with Gasteiger partial charge in [-0.2, -0.15) is 0 Å². The van der Waals surface area contributed by atoms with Crippen LogP contribution in [-0.2, 0) is 4.79 Å². The molecule has 3 aromatic carbocycles. The van der Waals surface area contributed by atoms with Crippen molar-refractivity contribution in [2.45, 2.75) is 45.8 Å². The molecule has 4 aromatic rings. The van der Waals surface area contributed by atoms with E-state index < -0.39 is 6.10 Å². The molecule has 2 amide bonds. The number of aryl methyl sites for hydroxylation is 2. The number of fused-ring (bicyclic) bond motifs is 1. The molecule has 2 heterocycles. The molecule has 6 heteroatoms. The molecule has 0 saturated carbocycles. The van der Waals surface area contributed by atoms with Gasteiger partial charge < -0.3 is 15.0 Å². The molecule has 0 aliphatic carbocycles. The lowest BCUT2D eigenvalue weighted by molar-refractivity contribution is -0.139. The largest absolute Gasteiger partial charge is 0.481 e. The molecule has 194 valence electrons. The Hall–Kier alpha value is -4.19. The molecule has 38 heavy (non-hydrogen) atoms. The van der Waals surface area contributed by atoms with Crippen molar-refractivity contribution in [3.63, 3.8) is 0 Å². The Morgan fingerprint density at radius 2 is 1.76 bits per heavy atom. The molecule has 0 unspecified atom stereocenters. The molecule has 0 bridgehead atoms. The first-order valence-electron chi connectivity index (χ1n) is 13.2. The average molecular weight is 508 g/mol. The molecule has 1 fully saturated rings. The number of carbonyl (C=O) groups is 2. The average Bonchev–Trinajstić information content (AvgIpc) is 2.93. The number of amides is 2. The minimum absolute atomic E-state index is 0.0824. The Kier molecular flexibility index (Phi) is 7.40. The van der Waals surface area contributed by atoms with Gasteiger partial charge in [0.05, 0.1) is 5.52 Å². The van der Waals surface area contributed by atoms with E-state index in [0.717, 1.165) is 29.3 Å². The number of piperidine rings is 1. The molecule has 1 aliphatic heterocycles. The minimum Gasteiger partial charge on any atom is -0.481 e. The number of rotatable bonds is 6. The quantitative estimate of drug-likeness (QED) is 0.363. The van der Waals surface area contributed by atoms with Crippen LogP contribution < -0.4 is 10.1 Å². The number of carbonyl (C=O) groups excluding carboxylic acids is 2. The molecule has 6 nitrogen and oxygen atoms in total. The summed E-state index contributed by atoms with van der Waals surface area (Å²) in [5.74, 6) is 0.412. The smallest absolute Gasteiger partial charge is 0.263 e. The van der Waals surface area contributed by atoms with Crippen molar-refractivity contribution in [1.29, 1.82) is 0 Å². The molecule has 5 rings (SSSR count). The fourth-order valence-corrected chi connectivity index (χ4v) is 5.32. The highest BCUT2D eigenvalue weighted by molar-refractivity contribution is 5.96. The highest BCUT2D eigenvalue weighted by Gasteiger charge is 2.29. The second-order valence-electron chi connectivity index (χ2n) is 10.0. The number of likely N-dealkylation sites (tertiary alicyclic amines) is 1. The van der Waals surface area contributed by atoms with Crippen LogP contribution in [0, 0.1) is 13.8 Å². The first kappa shape index (κ1) is 25.5. The van der Waals surface area contributed by atoms with E-state index in [9.17, 15) is 9.59 Å². The second-order valence-corrected chi connectivity index (χ2v) is 10.0. The summed E-state index contributed by atoms with van der Waals surface area (Å²) in [6.45, 7) is 7.15. The number of benzene rings is 3. The number of nitrogens with one attached hydrogen (secondary N) is 1. The van der Waals surface area contributed by atoms with Crippen LogP contribution in [0.1, 0.15) is 41.3 Å². The normalized spacial score (nSPS) is 16.2. The number of pyridine rings is 1. The van der Waals surface area contributed by atoms with Crippen molar-refractivity contribution in [3.05, 3.63) is 95.7 Å². The Labute approximate surface area is 223 Å². The molecule has 0 spiro atoms. The van der Waals surface area contributed by atoms with Crippen molar-refractivity contribution < 1.29 is 14.3 Å². The van der Waals surface area contributed by atoms with E-state index in [4.69, 9.17) is 4.74 Å². The predicted molar refractivity (Wildman–Crippen MR) is 150 cm³/mol. The van der Waals surface area contributed by atoms with Gasteiger partial charge in [0, 0.05) is 42.3 Å². The maximum absolute atomic E-state index is 13.3. The van der Waals surface area contributed by atoms with Gasteiger partial charge in [-0.15, -0.1) is 0 Å². The topological polar surface area (TPSA) is 71.5 Å². The lowest BCUT2D eigenvalue weighted by Crippen LogP contribution is -2.52. The zero-order chi connectivity index (χ0) is 26.6. The van der Waals surface area contributed by atoms with Gasteiger partial charge in [-0.05, 0) is 86.2 Å². The third-order valence-corrected chi connectivity index (χ3v) is 7.23. The molecule has 1 N–H and O–H groups in total. The van der Waals surface area contributed by atoms with E-state index in [1.54, 1.807) is 24.0 Å². The van der Waals surface area contributed by atoms with Crippen molar-refractivity contribution in [1.82, 2.24) is 15.2 Å². The molecule has 2 atom stereocenters. The van der Waals surface area contributed by atoms with Crippen LogP contribution in [0.5, 0.6) is 5.75 Å². The number of hydrogen-bond donors (Lipinski definition) is 1. The maximum atomic E-state index is 13.3. The van der Waals surface area contributed by atoms with Crippen LogP contribution in [0.3, 0.4) is 0 Å². The molecular formula is C32H33N3O3. The van der Waals surface area contributed by atoms with Gasteiger partial charge >= 0.3 is 0 Å². The summed E-state index contributed by atoms with van der Waals surface area (Å²) in [4.78, 5) is 32.2. The Bertz CT molecular complexity index is 1450. The molecule has 1 aliphatic rings. The highest BCUT2D eigenvalue weighted by Crippen LogP contribution is 2.34. The van der Waals surface area contributed by atoms with Gasteiger partial charge in [0.2, 0.25) is 0 Å². The SMILES string of the molecule is Cc1cccc(C)c1-c1ccnc2cc(O[C@H](C)C(=O)N3CCC[C@H](NC(=O)c4ccccc4)C3)ccc12. The van der Waals surface area contributed by atoms with Gasteiger partial charge in [-0.3, -0.25) is 14.6 Å². The van der Waals surface area contributed by atoms with Crippen LogP contribution in [0.15, 0.2) is 79.0 Å². The van der Waals surface area contributed by atoms with E-state index in [2.05, 4.69) is 42.3 Å². The summed E-state index contributed by atoms with van der Waals surface area (Å²) in [7, 11) is 0. The van der Waals surface area contributed by atoms with E-state index in [-0.39, 0.29) is 17.9 Å². The van der Waals surface area contributed by atoms with Crippen LogP contribution >= 0.6 is 0 Å². The van der Waals surface area contributed by atoms with Crippen molar-refractivity contribution >= 4 is 22.7 Å². The fourth-order valence-electron chi connectivity index (χ4n) is 5.32. The van der Waals surface area contributed by atoms with Crippen LogP contribution in [-0.4, -0.2) is 46.9 Å². The monoisotopic (exact) mass is 507 g/mol. The van der Waals surface area contributed by atoms with Crippen LogP contribution in [0.25, 0.3) is 22.0 Å². The van der Waals surface area contributed by atoms with Crippen molar-refractivity contribution in [2.75, 3.05) is 13.1 Å². The van der Waals surface area contributed by atoms with Gasteiger partial charge in [-0.25, -0.2) is 0 Å². The van der Waals surface area contributed by atoms with Crippen LogP contribution in [0.2, 0.25) is 0 Å². The van der Waals surface area contributed by atoms with Gasteiger partial charge in [0.15, 0.2) is 6.10 Å². The molecule has 1 saturated heterocycles. The second kappa shape index (κ2) is 11.1. The predicted octanol–water partition coefficient (Wildman–Crippen LogP) is 5.71. The first-order valence-corrected chi connectivity index (χ1v) is 13.2. The third-order valence-electron chi connectivity index (χ3n) is 7.23. The number of aromatic nitrogens is 1. The van der Waals surface area contributed by atoms with E-state index in [1.165, 1.54) is 16.7 Å². The zero-order valence-electron chi connectivity index (χ0n) is 22.1. The zero-order valence-corrected chi connectivity index (χ0v) is 22.1. The lowest BCUT2D eigenvalue weighted by atomic mass is 9.93. The summed E-state index contributed by atoms with van der Waals surface area (Å²) in [5, 5.41) is 4.12. The highest BCUT2D eigenvalue weighted by atomic mass is 16.5. The summed E-state index contributed by atoms with van der Waals surface area (Å²) in [5.41, 5.74) is 6.24. The van der Waals surface area contributed by atoms with Crippen molar-refractivity contribution in [3.8, 4) is 16.9 Å². The summed E-state index contributed by atoms with van der Waals surface area (Å²) in [6, 6.07) is 23.3. The number of hydrogen-bond acceptors (Lipinski definition) is 4. The summed E-state index contributed by atoms with van der Waals surface area (Å²) >= 11 is 0. The first-order chi connectivity index (χ1) is 18.4. The molecule has 1 aromatic heterocycles. The van der Waals surface area contributed by atoms with Gasteiger partial charge in [0.25, 0.3) is 11.8 Å². The van der Waals surface area contributed by atoms with Crippen molar-refractivity contribution in [2.24, 2.45) is 0 Å². The van der Waals surface area contributed by atoms with E-state index in [0.29, 0.717) is 24.4 Å². The van der Waals surface area contributed by atoms with Gasteiger partial charge in [-0.1, -0.05) is 36.4 Å². The number of nitrogens with zero attached hydrogens (tertiary/aromatic N) is 2. The van der Waals surface area contributed by atoms with Crippen LogP contribution in [0.4, 0.5) is 0 Å². The van der Waals surface area contributed by atoms with E-state index >= 15 is 0 Å². The Morgan fingerprint density at radius 3 is 2.53 bits per heavy atom. The lowest BCUT2D eigenvalue weighted by Gasteiger charge is -2.34. The number of ether oxygens (including phenoxy) is 1. The summed E-state index contributed by atoms with van der Waals surface area (Å²) < 4.78 is 6.10. The maximum Gasteiger partial charge on any atom is 0.263 e. The minimum atomic E-state index is -0.655. The van der Waals surface area contributed by atoms with E-state index in [1.807, 2.05) is 48.7 Å². The fraction of sp³-hybridized carbons (Fsp3) is 0.281. The third kappa shape index (κ3) is 5.40. The molecule has 0 radical (unpaired) electrons. The Morgan fingerprint density at radius 1 is 1.00 bits per heavy atom. The standard InChI is InChI=1S/C32H33N3O3/c1-21-9-7-10-22(2)30(21)28-16-17-33-29-19-26(14-15-27(28)29)38-23(3)32(37)35-18-8-13-25(20-35)34-31(36)24-11-5-4-6-12-24/h4-7,9-12,14-17,19,23,25H,8,13,18,20H2,1-3H3,(H,34,36)/t23-,25+/m1/s1. The molecular weight excluding hydrogens is 474 g/mol. The Balaban J connectivity index is 1.27. The van der Waals surface area contributed by atoms with Gasteiger partial charge in [0.1, 0.15) is 5.75 Å².